The number of halogens is 2. The highest BCUT2D eigenvalue weighted by molar-refractivity contribution is 7.84. The molecule has 2 unspecified atom stereocenters. The number of hydrogen-bond donors (Lipinski definition) is 1. The number of hydrogen-bond acceptors (Lipinski definition) is 2. The molecule has 0 heterocycles. The molecule has 0 aliphatic heterocycles. The van der Waals surface area contributed by atoms with Crippen molar-refractivity contribution in [3.63, 3.8) is 0 Å². The van der Waals surface area contributed by atoms with E-state index in [1.165, 1.54) is 18.2 Å². The summed E-state index contributed by atoms with van der Waals surface area (Å²) in [6.45, 7) is 1.87. The first kappa shape index (κ1) is 13.6. The van der Waals surface area contributed by atoms with E-state index in [9.17, 15) is 8.60 Å². The van der Waals surface area contributed by atoms with E-state index in [1.54, 1.807) is 0 Å². The van der Waals surface area contributed by atoms with Crippen molar-refractivity contribution in [3.05, 3.63) is 34.6 Å². The maximum absolute atomic E-state index is 12.9. The summed E-state index contributed by atoms with van der Waals surface area (Å²) in [7, 11) is -1.04. The van der Waals surface area contributed by atoms with Gasteiger partial charge < -0.3 is 5.73 Å². The van der Waals surface area contributed by atoms with E-state index in [0.717, 1.165) is 0 Å². The first-order valence-electron chi connectivity index (χ1n) is 5.03. The van der Waals surface area contributed by atoms with Crippen LogP contribution in [0.1, 0.15) is 18.9 Å². The molecule has 90 valence electrons. The first-order valence-corrected chi connectivity index (χ1v) is 6.90. The van der Waals surface area contributed by atoms with E-state index in [4.69, 9.17) is 17.3 Å². The summed E-state index contributed by atoms with van der Waals surface area (Å²) in [5.41, 5.74) is 6.16. The van der Waals surface area contributed by atoms with Gasteiger partial charge in [0.05, 0.1) is 5.75 Å². The van der Waals surface area contributed by atoms with Crippen LogP contribution in [0.5, 0.6) is 0 Å². The topological polar surface area (TPSA) is 43.1 Å². The Labute approximate surface area is 102 Å². The molecule has 0 fully saturated rings. The lowest BCUT2D eigenvalue weighted by Gasteiger charge is -2.06. The van der Waals surface area contributed by atoms with Gasteiger partial charge in [0.25, 0.3) is 0 Å². The Morgan fingerprint density at radius 3 is 2.88 bits per heavy atom. The van der Waals surface area contributed by atoms with Crippen LogP contribution in [0.25, 0.3) is 0 Å². The summed E-state index contributed by atoms with van der Waals surface area (Å²) >= 11 is 5.88. The maximum atomic E-state index is 12.9. The van der Waals surface area contributed by atoms with Gasteiger partial charge in [0.2, 0.25) is 0 Å². The van der Waals surface area contributed by atoms with Gasteiger partial charge in [0, 0.05) is 27.6 Å². The van der Waals surface area contributed by atoms with Gasteiger partial charge in [-0.3, -0.25) is 4.21 Å². The largest absolute Gasteiger partial charge is 0.328 e. The minimum atomic E-state index is -1.04. The van der Waals surface area contributed by atoms with Crippen molar-refractivity contribution in [2.45, 2.75) is 25.1 Å². The van der Waals surface area contributed by atoms with Crippen LogP contribution >= 0.6 is 11.6 Å². The van der Waals surface area contributed by atoms with Crippen LogP contribution in [0, 0.1) is 5.82 Å². The molecule has 0 aliphatic carbocycles. The second-order valence-corrected chi connectivity index (χ2v) is 5.77. The molecular formula is C11H15ClFNOS. The highest BCUT2D eigenvalue weighted by atomic mass is 35.5. The van der Waals surface area contributed by atoms with Crippen molar-refractivity contribution < 1.29 is 8.60 Å². The van der Waals surface area contributed by atoms with Crippen molar-refractivity contribution in [1.29, 1.82) is 0 Å². The maximum Gasteiger partial charge on any atom is 0.123 e. The van der Waals surface area contributed by atoms with Gasteiger partial charge >= 0.3 is 0 Å². The van der Waals surface area contributed by atoms with Crippen LogP contribution < -0.4 is 5.73 Å². The second kappa shape index (κ2) is 6.33. The van der Waals surface area contributed by atoms with Crippen LogP contribution in [0.4, 0.5) is 4.39 Å². The Morgan fingerprint density at radius 1 is 1.56 bits per heavy atom. The zero-order chi connectivity index (χ0) is 12.1. The molecule has 0 bridgehead atoms. The predicted octanol–water partition coefficient (Wildman–Crippen LogP) is 2.47. The molecule has 0 radical (unpaired) electrons. The lowest BCUT2D eigenvalue weighted by Crippen LogP contribution is -2.18. The van der Waals surface area contributed by atoms with E-state index in [0.29, 0.717) is 22.8 Å². The van der Waals surface area contributed by atoms with Crippen molar-refractivity contribution in [3.8, 4) is 0 Å². The third-order valence-electron chi connectivity index (χ3n) is 2.13. The Balaban J connectivity index is 2.59. The molecule has 2 N–H and O–H groups in total. The fraction of sp³-hybridized carbons (Fsp3) is 0.455. The SMILES string of the molecule is CC(N)CCS(=O)Cc1cc(F)ccc1Cl. The van der Waals surface area contributed by atoms with Crippen LogP contribution in [-0.4, -0.2) is 16.0 Å². The van der Waals surface area contributed by atoms with Crippen molar-refractivity contribution in [2.24, 2.45) is 5.73 Å². The predicted molar refractivity (Wildman–Crippen MR) is 66.4 cm³/mol. The Morgan fingerprint density at radius 2 is 2.25 bits per heavy atom. The third-order valence-corrected chi connectivity index (χ3v) is 3.82. The summed E-state index contributed by atoms with van der Waals surface area (Å²) < 4.78 is 24.6. The van der Waals surface area contributed by atoms with E-state index in [2.05, 4.69) is 0 Å². The molecular weight excluding hydrogens is 249 g/mol. The smallest absolute Gasteiger partial charge is 0.123 e. The Hall–Kier alpha value is -0.450. The summed E-state index contributed by atoms with van der Waals surface area (Å²) in [6.07, 6.45) is 0.694. The molecule has 1 aromatic carbocycles. The van der Waals surface area contributed by atoms with Crippen molar-refractivity contribution in [1.82, 2.24) is 0 Å². The number of nitrogens with two attached hydrogens (primary N) is 1. The zero-order valence-electron chi connectivity index (χ0n) is 9.08. The second-order valence-electron chi connectivity index (χ2n) is 3.79. The molecule has 0 aliphatic rings. The molecule has 0 aromatic heterocycles. The summed E-state index contributed by atoms with van der Waals surface area (Å²) in [5, 5.41) is 0.454. The normalized spacial score (nSPS) is 14.8. The molecule has 0 spiro atoms. The summed E-state index contributed by atoms with van der Waals surface area (Å²) in [6, 6.07) is 4.13. The number of rotatable bonds is 5. The van der Waals surface area contributed by atoms with Gasteiger partial charge in [0.1, 0.15) is 5.82 Å². The zero-order valence-corrected chi connectivity index (χ0v) is 10.7. The van der Waals surface area contributed by atoms with E-state index in [-0.39, 0.29) is 17.6 Å². The highest BCUT2D eigenvalue weighted by Crippen LogP contribution is 2.18. The van der Waals surface area contributed by atoms with Crippen molar-refractivity contribution >= 4 is 22.4 Å². The molecule has 2 atom stereocenters. The van der Waals surface area contributed by atoms with Gasteiger partial charge in [-0.1, -0.05) is 11.6 Å². The summed E-state index contributed by atoms with van der Waals surface area (Å²) in [4.78, 5) is 0. The molecule has 5 heteroatoms. The van der Waals surface area contributed by atoms with E-state index >= 15 is 0 Å². The average Bonchev–Trinajstić information content (AvgIpc) is 2.20. The minimum absolute atomic E-state index is 0.0342. The minimum Gasteiger partial charge on any atom is -0.328 e. The van der Waals surface area contributed by atoms with E-state index < -0.39 is 10.8 Å². The van der Waals surface area contributed by atoms with E-state index in [1.807, 2.05) is 6.92 Å². The molecule has 2 nitrogen and oxygen atoms in total. The fourth-order valence-corrected chi connectivity index (χ4v) is 2.85. The quantitative estimate of drug-likeness (QED) is 0.887. The van der Waals surface area contributed by atoms with Gasteiger partial charge in [-0.15, -0.1) is 0 Å². The summed E-state index contributed by atoms with van der Waals surface area (Å²) in [5.74, 6) is 0.442. The lowest BCUT2D eigenvalue weighted by atomic mass is 10.2. The Bertz CT molecular complexity index is 384. The van der Waals surface area contributed by atoms with Crippen LogP contribution in [0.2, 0.25) is 5.02 Å². The molecule has 0 saturated heterocycles. The Kier molecular flexibility index (Phi) is 5.38. The molecule has 0 saturated carbocycles. The van der Waals surface area contributed by atoms with Gasteiger partial charge in [-0.2, -0.15) is 0 Å². The molecule has 1 rings (SSSR count). The highest BCUT2D eigenvalue weighted by Gasteiger charge is 2.08. The van der Waals surface area contributed by atoms with Gasteiger partial charge in [-0.05, 0) is 37.1 Å². The van der Waals surface area contributed by atoms with Gasteiger partial charge in [-0.25, -0.2) is 4.39 Å². The third kappa shape index (κ3) is 4.60. The molecule has 1 aromatic rings. The van der Waals surface area contributed by atoms with Crippen LogP contribution in [0.15, 0.2) is 18.2 Å². The van der Waals surface area contributed by atoms with Crippen molar-refractivity contribution in [2.75, 3.05) is 5.75 Å². The fourth-order valence-electron chi connectivity index (χ4n) is 1.22. The van der Waals surface area contributed by atoms with Crippen LogP contribution in [0.3, 0.4) is 0 Å². The standard InChI is InChI=1S/C11H15ClFNOS/c1-8(14)4-5-16(15)7-9-6-10(13)2-3-11(9)12/h2-3,6,8H,4-5,7,14H2,1H3. The first-order chi connectivity index (χ1) is 7.49. The lowest BCUT2D eigenvalue weighted by molar-refractivity contribution is 0.626. The molecule has 0 amide bonds. The molecule has 16 heavy (non-hydrogen) atoms. The van der Waals surface area contributed by atoms with Crippen LogP contribution in [-0.2, 0) is 16.6 Å². The number of benzene rings is 1. The van der Waals surface area contributed by atoms with Gasteiger partial charge in [0.15, 0.2) is 0 Å². The average molecular weight is 264 g/mol. The monoisotopic (exact) mass is 263 g/mol.